The lowest BCUT2D eigenvalue weighted by Gasteiger charge is -2.34. The number of aryl methyl sites for hydroxylation is 1. The lowest BCUT2D eigenvalue weighted by Crippen LogP contribution is -2.49. The predicted molar refractivity (Wildman–Crippen MR) is 117 cm³/mol. The Kier molecular flexibility index (Phi) is 4.88. The maximum Gasteiger partial charge on any atom is 0.261 e. The number of thiazole rings is 1. The molecule has 8 nitrogen and oxygen atoms in total. The number of nitrogens with zero attached hydrogens (tertiary/aromatic N) is 6. The first-order valence-electron chi connectivity index (χ1n) is 9.87. The van der Waals surface area contributed by atoms with Gasteiger partial charge in [0.25, 0.3) is 5.56 Å². The van der Waals surface area contributed by atoms with Crippen molar-refractivity contribution in [3.05, 3.63) is 59.3 Å². The van der Waals surface area contributed by atoms with E-state index in [1.165, 1.54) is 10.9 Å². The monoisotopic (exact) mass is 420 g/mol. The summed E-state index contributed by atoms with van der Waals surface area (Å²) in [6.07, 6.45) is 3.58. The summed E-state index contributed by atoms with van der Waals surface area (Å²) >= 11 is 1.58. The number of para-hydroxylation sites is 1. The molecule has 30 heavy (non-hydrogen) atoms. The second-order valence-electron chi connectivity index (χ2n) is 7.20. The van der Waals surface area contributed by atoms with Crippen molar-refractivity contribution in [2.45, 2.75) is 13.0 Å². The highest BCUT2D eigenvalue weighted by Crippen LogP contribution is 2.27. The van der Waals surface area contributed by atoms with Crippen LogP contribution in [0.4, 0.5) is 5.13 Å². The number of hydrogen-bond donors (Lipinski definition) is 0. The molecule has 4 aromatic rings. The molecule has 9 heteroatoms. The van der Waals surface area contributed by atoms with Crippen molar-refractivity contribution in [3.8, 4) is 0 Å². The van der Waals surface area contributed by atoms with Crippen LogP contribution in [0.2, 0.25) is 0 Å². The smallest absolute Gasteiger partial charge is 0.261 e. The molecule has 0 aliphatic carbocycles. The quantitative estimate of drug-likeness (QED) is 0.503. The maximum absolute atomic E-state index is 12.7. The number of pyridine rings is 1. The van der Waals surface area contributed by atoms with Gasteiger partial charge in [-0.15, -0.1) is 0 Å². The van der Waals surface area contributed by atoms with Gasteiger partial charge in [0.15, 0.2) is 5.13 Å². The lowest BCUT2D eigenvalue weighted by atomic mass is 10.2. The zero-order chi connectivity index (χ0) is 20.5. The van der Waals surface area contributed by atoms with E-state index < -0.39 is 0 Å². The summed E-state index contributed by atoms with van der Waals surface area (Å²) in [5.74, 6) is 0.0562. The van der Waals surface area contributed by atoms with Gasteiger partial charge in [-0.2, -0.15) is 0 Å². The normalized spacial score (nSPS) is 14.5. The molecule has 0 N–H and O–H groups in total. The summed E-state index contributed by atoms with van der Waals surface area (Å²) < 4.78 is 1.52. The van der Waals surface area contributed by atoms with Gasteiger partial charge in [0.1, 0.15) is 10.3 Å². The van der Waals surface area contributed by atoms with Crippen LogP contribution in [0.15, 0.2) is 53.7 Å². The van der Waals surface area contributed by atoms with Gasteiger partial charge in [-0.05, 0) is 24.3 Å². The topological polar surface area (TPSA) is 84.2 Å². The third-order valence-electron chi connectivity index (χ3n) is 5.36. The van der Waals surface area contributed by atoms with Crippen LogP contribution >= 0.6 is 11.3 Å². The highest BCUT2D eigenvalue weighted by Gasteiger charge is 2.23. The third kappa shape index (κ3) is 3.52. The minimum atomic E-state index is -0.109. The van der Waals surface area contributed by atoms with E-state index in [9.17, 15) is 9.59 Å². The van der Waals surface area contributed by atoms with E-state index >= 15 is 0 Å². The Hall–Kier alpha value is -3.33. The molecule has 1 aromatic carbocycles. The van der Waals surface area contributed by atoms with Gasteiger partial charge in [0.2, 0.25) is 5.91 Å². The van der Waals surface area contributed by atoms with E-state index in [0.717, 1.165) is 28.6 Å². The van der Waals surface area contributed by atoms with Crippen LogP contribution in [0.5, 0.6) is 0 Å². The minimum Gasteiger partial charge on any atom is -0.344 e. The molecule has 0 unspecified atom stereocenters. The van der Waals surface area contributed by atoms with Crippen molar-refractivity contribution >= 4 is 43.6 Å². The number of aromatic nitrogens is 4. The van der Waals surface area contributed by atoms with Gasteiger partial charge in [-0.3, -0.25) is 14.2 Å². The second kappa shape index (κ2) is 7.83. The fraction of sp³-hybridized carbons (Fsp3) is 0.286. The van der Waals surface area contributed by atoms with Gasteiger partial charge in [0, 0.05) is 45.3 Å². The molecule has 0 atom stereocenters. The Morgan fingerprint density at radius 2 is 1.80 bits per heavy atom. The van der Waals surface area contributed by atoms with Gasteiger partial charge >= 0.3 is 0 Å². The number of amides is 1. The van der Waals surface area contributed by atoms with Crippen molar-refractivity contribution in [1.29, 1.82) is 0 Å². The molecule has 1 amide bonds. The van der Waals surface area contributed by atoms with E-state index in [2.05, 4.69) is 19.9 Å². The van der Waals surface area contributed by atoms with Crippen molar-refractivity contribution in [2.24, 2.45) is 0 Å². The molecule has 1 saturated heterocycles. The number of rotatable bonds is 4. The molecule has 3 aromatic heterocycles. The van der Waals surface area contributed by atoms with Crippen molar-refractivity contribution < 1.29 is 4.79 Å². The summed E-state index contributed by atoms with van der Waals surface area (Å²) in [5, 5.41) is 1.52. The molecule has 4 heterocycles. The largest absolute Gasteiger partial charge is 0.344 e. The van der Waals surface area contributed by atoms with Crippen molar-refractivity contribution in [3.63, 3.8) is 0 Å². The zero-order valence-corrected chi connectivity index (χ0v) is 17.1. The van der Waals surface area contributed by atoms with E-state index in [1.807, 2.05) is 35.2 Å². The van der Waals surface area contributed by atoms with Gasteiger partial charge in [-0.1, -0.05) is 23.5 Å². The number of benzene rings is 1. The minimum absolute atomic E-state index is 0.0562. The Labute approximate surface area is 176 Å². The Morgan fingerprint density at radius 3 is 2.63 bits per heavy atom. The highest BCUT2D eigenvalue weighted by atomic mass is 32.1. The summed E-state index contributed by atoms with van der Waals surface area (Å²) in [4.78, 5) is 43.6. The average Bonchev–Trinajstić information content (AvgIpc) is 3.23. The van der Waals surface area contributed by atoms with E-state index in [1.54, 1.807) is 23.6 Å². The predicted octanol–water partition coefficient (Wildman–Crippen LogP) is 2.14. The molecule has 152 valence electrons. The summed E-state index contributed by atoms with van der Waals surface area (Å²) in [6.45, 7) is 3.10. The van der Waals surface area contributed by atoms with E-state index in [0.29, 0.717) is 30.5 Å². The lowest BCUT2D eigenvalue weighted by molar-refractivity contribution is -0.131. The highest BCUT2D eigenvalue weighted by molar-refractivity contribution is 7.21. The number of carbonyl (C=O) groups excluding carboxylic acids is 1. The Balaban J connectivity index is 1.20. The van der Waals surface area contributed by atoms with Crippen molar-refractivity contribution in [1.82, 2.24) is 24.4 Å². The van der Waals surface area contributed by atoms with Crippen LogP contribution in [-0.2, 0) is 11.3 Å². The number of anilines is 1. The first-order chi connectivity index (χ1) is 14.7. The standard InChI is InChI=1S/C21H20N6O2S/c28-18(7-9-27-14-23-16-5-2-1-4-15(16)20(27)29)25-10-12-26(13-11-25)21-24-17-6-3-8-22-19(17)30-21/h1-6,8,14H,7,9-13H2. The first kappa shape index (κ1) is 18.7. The number of piperazine rings is 1. The summed E-state index contributed by atoms with van der Waals surface area (Å²) in [6, 6.07) is 11.1. The molecular formula is C21H20N6O2S. The fourth-order valence-corrected chi connectivity index (χ4v) is 4.64. The van der Waals surface area contributed by atoms with Crippen LogP contribution in [0.3, 0.4) is 0 Å². The van der Waals surface area contributed by atoms with E-state index in [-0.39, 0.29) is 17.9 Å². The van der Waals surface area contributed by atoms with Gasteiger partial charge in [-0.25, -0.2) is 15.0 Å². The van der Waals surface area contributed by atoms with Crippen LogP contribution in [0.25, 0.3) is 21.3 Å². The number of hydrogen-bond acceptors (Lipinski definition) is 7. The summed E-state index contributed by atoms with van der Waals surface area (Å²) in [5.41, 5.74) is 1.47. The second-order valence-corrected chi connectivity index (χ2v) is 8.16. The molecule has 0 bridgehead atoms. The van der Waals surface area contributed by atoms with Crippen LogP contribution < -0.4 is 10.5 Å². The fourth-order valence-electron chi connectivity index (χ4n) is 3.68. The van der Waals surface area contributed by atoms with Crippen LogP contribution in [-0.4, -0.2) is 56.5 Å². The molecule has 1 fully saturated rings. The van der Waals surface area contributed by atoms with Crippen LogP contribution in [0.1, 0.15) is 6.42 Å². The molecule has 1 aliphatic rings. The van der Waals surface area contributed by atoms with Crippen molar-refractivity contribution in [2.75, 3.05) is 31.1 Å². The number of carbonyl (C=O) groups is 1. The number of fused-ring (bicyclic) bond motifs is 2. The van der Waals surface area contributed by atoms with E-state index in [4.69, 9.17) is 0 Å². The molecule has 0 spiro atoms. The molecule has 0 saturated carbocycles. The first-order valence-corrected chi connectivity index (χ1v) is 10.7. The summed E-state index contributed by atoms with van der Waals surface area (Å²) in [7, 11) is 0. The molecular weight excluding hydrogens is 400 g/mol. The Bertz CT molecular complexity index is 1240. The third-order valence-corrected chi connectivity index (χ3v) is 6.40. The SMILES string of the molecule is O=C(CCn1cnc2ccccc2c1=O)N1CCN(c2nc3cccnc3s2)CC1. The van der Waals surface area contributed by atoms with Crippen LogP contribution in [0, 0.1) is 0 Å². The zero-order valence-electron chi connectivity index (χ0n) is 16.3. The molecule has 1 aliphatic heterocycles. The molecule has 5 rings (SSSR count). The maximum atomic E-state index is 12.7. The average molecular weight is 420 g/mol. The Morgan fingerprint density at radius 1 is 1.00 bits per heavy atom. The molecule has 0 radical (unpaired) electrons. The van der Waals surface area contributed by atoms with Gasteiger partial charge in [0.05, 0.1) is 17.2 Å². The van der Waals surface area contributed by atoms with Gasteiger partial charge < -0.3 is 9.80 Å².